The highest BCUT2D eigenvalue weighted by molar-refractivity contribution is 6.17. The molecule has 0 fully saturated rings. The van der Waals surface area contributed by atoms with Crippen molar-refractivity contribution in [1.29, 1.82) is 0 Å². The Morgan fingerprint density at radius 3 is 2.19 bits per heavy atom. The summed E-state index contributed by atoms with van der Waals surface area (Å²) in [5.74, 6) is 0.680. The average Bonchev–Trinajstić information content (AvgIpc) is 2.61. The van der Waals surface area contributed by atoms with Gasteiger partial charge in [0.1, 0.15) is 5.75 Å². The maximum absolute atomic E-state index is 11.2. The van der Waals surface area contributed by atoms with Gasteiger partial charge in [-0.1, -0.05) is 10.2 Å². The summed E-state index contributed by atoms with van der Waals surface area (Å²) >= 11 is 0. The van der Waals surface area contributed by atoms with E-state index in [1.54, 1.807) is 24.3 Å². The predicted octanol–water partition coefficient (Wildman–Crippen LogP) is 2.60. The summed E-state index contributed by atoms with van der Waals surface area (Å²) in [6, 6.07) is 5.23. The number of urea groups is 2. The summed E-state index contributed by atoms with van der Waals surface area (Å²) in [6.07, 6.45) is 0. The summed E-state index contributed by atoms with van der Waals surface area (Å²) < 4.78 is 5.24. The van der Waals surface area contributed by atoms with Crippen molar-refractivity contribution in [2.45, 2.75) is 6.92 Å². The molecule has 2 rings (SSSR count). The first-order valence-corrected chi connectivity index (χ1v) is 4.75. The number of carbonyl (C=O) groups excluding carboxylic acids is 2. The number of rotatable bonds is 3. The highest BCUT2D eigenvalue weighted by Gasteiger charge is 2.28. The smallest absolute Gasteiger partial charge is 0.375 e. The van der Waals surface area contributed by atoms with Gasteiger partial charge in [0.2, 0.25) is 0 Å². The minimum Gasteiger partial charge on any atom is -0.494 e. The van der Waals surface area contributed by atoms with Crippen LogP contribution in [0.5, 0.6) is 5.75 Å². The van der Waals surface area contributed by atoms with Crippen LogP contribution in [0.3, 0.4) is 0 Å². The van der Waals surface area contributed by atoms with Crippen LogP contribution in [-0.2, 0) is 0 Å². The molecular formula is C10H9N3O3. The molecule has 1 heterocycles. The minimum absolute atomic E-state index is 0.434. The van der Waals surface area contributed by atoms with Crippen LogP contribution in [0.2, 0.25) is 0 Å². The van der Waals surface area contributed by atoms with Crippen molar-refractivity contribution >= 4 is 17.7 Å². The molecule has 0 saturated carbocycles. The van der Waals surface area contributed by atoms with Crippen molar-refractivity contribution in [2.75, 3.05) is 11.5 Å². The van der Waals surface area contributed by atoms with Crippen molar-refractivity contribution in [3.63, 3.8) is 0 Å². The zero-order chi connectivity index (χ0) is 11.5. The summed E-state index contributed by atoms with van der Waals surface area (Å²) in [6.45, 7) is 2.44. The number of azo groups is 1. The van der Waals surface area contributed by atoms with Crippen LogP contribution < -0.4 is 9.64 Å². The van der Waals surface area contributed by atoms with E-state index in [-0.39, 0.29) is 0 Å². The van der Waals surface area contributed by atoms with Crippen molar-refractivity contribution in [3.05, 3.63) is 24.3 Å². The molecule has 1 aliphatic rings. The lowest BCUT2D eigenvalue weighted by atomic mass is 10.3. The van der Waals surface area contributed by atoms with Gasteiger partial charge >= 0.3 is 12.1 Å². The standard InChI is InChI=1S/C10H9N3O3/c1-2-16-8-5-3-7(4-6-8)13-9(14)11-12-10(13)15/h3-6H,2H2,1H3. The van der Waals surface area contributed by atoms with Gasteiger partial charge in [-0.15, -0.1) is 0 Å². The number of benzene rings is 1. The normalized spacial score (nSPS) is 14.7. The molecule has 0 spiro atoms. The van der Waals surface area contributed by atoms with Gasteiger partial charge in [-0.3, -0.25) is 0 Å². The van der Waals surface area contributed by atoms with Crippen molar-refractivity contribution in [1.82, 2.24) is 0 Å². The van der Waals surface area contributed by atoms with Crippen LogP contribution >= 0.6 is 0 Å². The van der Waals surface area contributed by atoms with E-state index >= 15 is 0 Å². The molecule has 1 aromatic carbocycles. The fourth-order valence-electron chi connectivity index (χ4n) is 1.34. The van der Waals surface area contributed by atoms with Crippen LogP contribution in [0.15, 0.2) is 34.5 Å². The average molecular weight is 219 g/mol. The predicted molar refractivity (Wildman–Crippen MR) is 55.7 cm³/mol. The van der Waals surface area contributed by atoms with Crippen LogP contribution in [-0.4, -0.2) is 18.7 Å². The van der Waals surface area contributed by atoms with E-state index < -0.39 is 12.1 Å². The molecule has 16 heavy (non-hydrogen) atoms. The Morgan fingerprint density at radius 2 is 1.69 bits per heavy atom. The van der Waals surface area contributed by atoms with E-state index in [0.29, 0.717) is 18.0 Å². The number of hydrogen-bond donors (Lipinski definition) is 0. The van der Waals surface area contributed by atoms with Crippen molar-refractivity contribution in [2.24, 2.45) is 10.2 Å². The van der Waals surface area contributed by atoms with E-state index in [0.717, 1.165) is 4.90 Å². The van der Waals surface area contributed by atoms with Gasteiger partial charge in [0.15, 0.2) is 0 Å². The maximum Gasteiger partial charge on any atom is 0.375 e. The number of anilines is 1. The molecule has 82 valence electrons. The van der Waals surface area contributed by atoms with Crippen molar-refractivity contribution < 1.29 is 14.3 Å². The summed E-state index contributed by atoms with van der Waals surface area (Å²) in [5, 5.41) is 6.33. The molecule has 1 aliphatic heterocycles. The van der Waals surface area contributed by atoms with E-state index in [1.165, 1.54) is 0 Å². The van der Waals surface area contributed by atoms with Gasteiger partial charge < -0.3 is 4.74 Å². The Labute approximate surface area is 91.5 Å². The van der Waals surface area contributed by atoms with E-state index in [1.807, 2.05) is 6.92 Å². The van der Waals surface area contributed by atoms with Crippen LogP contribution in [0.4, 0.5) is 15.3 Å². The topological polar surface area (TPSA) is 71.3 Å². The monoisotopic (exact) mass is 219 g/mol. The fraction of sp³-hybridized carbons (Fsp3) is 0.200. The third kappa shape index (κ3) is 1.77. The van der Waals surface area contributed by atoms with E-state index in [4.69, 9.17) is 4.74 Å². The Kier molecular flexibility index (Phi) is 2.63. The van der Waals surface area contributed by atoms with Gasteiger partial charge in [0.05, 0.1) is 12.3 Å². The fourth-order valence-corrected chi connectivity index (χ4v) is 1.34. The molecule has 0 saturated heterocycles. The molecule has 0 radical (unpaired) electrons. The largest absolute Gasteiger partial charge is 0.494 e. The van der Waals surface area contributed by atoms with Gasteiger partial charge in [-0.2, -0.15) is 0 Å². The first-order chi connectivity index (χ1) is 7.72. The molecule has 0 bridgehead atoms. The Morgan fingerprint density at radius 1 is 1.12 bits per heavy atom. The molecule has 6 heteroatoms. The molecule has 6 nitrogen and oxygen atoms in total. The molecule has 1 aromatic rings. The second kappa shape index (κ2) is 4.09. The zero-order valence-electron chi connectivity index (χ0n) is 8.58. The first kappa shape index (κ1) is 10.3. The highest BCUT2D eigenvalue weighted by atomic mass is 16.5. The van der Waals surface area contributed by atoms with Gasteiger partial charge in [-0.05, 0) is 31.2 Å². The van der Waals surface area contributed by atoms with Gasteiger partial charge in [0.25, 0.3) is 0 Å². The summed E-state index contributed by atoms with van der Waals surface area (Å²) in [7, 11) is 0. The lowest BCUT2D eigenvalue weighted by Crippen LogP contribution is -2.27. The molecule has 0 aliphatic carbocycles. The quantitative estimate of drug-likeness (QED) is 0.784. The third-order valence-corrected chi connectivity index (χ3v) is 2.01. The lowest BCUT2D eigenvalue weighted by molar-refractivity contribution is 0.249. The summed E-state index contributed by atoms with van der Waals surface area (Å²) in [5.41, 5.74) is 0.434. The number of amides is 4. The third-order valence-electron chi connectivity index (χ3n) is 2.01. The Hall–Kier alpha value is -2.24. The SMILES string of the molecule is CCOc1ccc(N2C(=O)N=NC2=O)cc1. The second-order valence-corrected chi connectivity index (χ2v) is 3.03. The second-order valence-electron chi connectivity index (χ2n) is 3.03. The van der Waals surface area contributed by atoms with Crippen LogP contribution in [0, 0.1) is 0 Å². The van der Waals surface area contributed by atoms with E-state index in [2.05, 4.69) is 10.2 Å². The zero-order valence-corrected chi connectivity index (χ0v) is 8.58. The lowest BCUT2D eigenvalue weighted by Gasteiger charge is -2.11. The molecular weight excluding hydrogens is 210 g/mol. The Bertz CT molecular complexity index is 435. The van der Waals surface area contributed by atoms with Gasteiger partial charge in [0, 0.05) is 0 Å². The number of nitrogens with zero attached hydrogens (tertiary/aromatic N) is 3. The molecule has 4 amide bonds. The van der Waals surface area contributed by atoms with Crippen molar-refractivity contribution in [3.8, 4) is 5.75 Å². The van der Waals surface area contributed by atoms with Gasteiger partial charge in [-0.25, -0.2) is 14.5 Å². The first-order valence-electron chi connectivity index (χ1n) is 4.75. The van der Waals surface area contributed by atoms with E-state index in [9.17, 15) is 9.59 Å². The number of ether oxygens (including phenoxy) is 1. The maximum atomic E-state index is 11.2. The Balaban J connectivity index is 2.22. The van der Waals surface area contributed by atoms with Crippen LogP contribution in [0.1, 0.15) is 6.92 Å². The number of imide groups is 1. The molecule has 0 aromatic heterocycles. The minimum atomic E-state index is -0.672. The molecule has 0 N–H and O–H groups in total. The number of carbonyl (C=O) groups is 2. The summed E-state index contributed by atoms with van der Waals surface area (Å²) in [4.78, 5) is 23.3. The van der Waals surface area contributed by atoms with Crippen LogP contribution in [0.25, 0.3) is 0 Å². The highest BCUT2D eigenvalue weighted by Crippen LogP contribution is 2.23. The molecule has 0 atom stereocenters. The molecule has 0 unspecified atom stereocenters. The number of hydrogen-bond acceptors (Lipinski definition) is 3.